The van der Waals surface area contributed by atoms with Crippen molar-refractivity contribution < 1.29 is 4.79 Å². The lowest BCUT2D eigenvalue weighted by Crippen LogP contribution is -2.31. The highest BCUT2D eigenvalue weighted by Gasteiger charge is 2.32. The fourth-order valence-electron chi connectivity index (χ4n) is 3.31. The van der Waals surface area contributed by atoms with Crippen molar-refractivity contribution in [2.45, 2.75) is 18.9 Å². The van der Waals surface area contributed by atoms with E-state index in [1.54, 1.807) is 6.20 Å². The monoisotopic (exact) mass is 291 g/mol. The van der Waals surface area contributed by atoms with Crippen LogP contribution in [0.5, 0.6) is 0 Å². The van der Waals surface area contributed by atoms with Gasteiger partial charge in [-0.1, -0.05) is 24.3 Å². The number of pyridine rings is 1. The molecule has 1 aliphatic rings. The molecule has 4 heteroatoms. The molecular weight excluding hydrogens is 274 g/mol. The van der Waals surface area contributed by atoms with Crippen molar-refractivity contribution >= 4 is 16.7 Å². The van der Waals surface area contributed by atoms with Gasteiger partial charge in [0, 0.05) is 30.0 Å². The van der Waals surface area contributed by atoms with Crippen molar-refractivity contribution in [1.29, 1.82) is 0 Å². The molecule has 1 unspecified atom stereocenters. The van der Waals surface area contributed by atoms with Crippen LogP contribution in [0, 0.1) is 0 Å². The molecule has 1 amide bonds. The zero-order valence-corrected chi connectivity index (χ0v) is 12.2. The molecule has 1 aromatic carbocycles. The van der Waals surface area contributed by atoms with Crippen LogP contribution in [0.15, 0.2) is 54.9 Å². The number of likely N-dealkylation sites (tertiary alicyclic amines) is 1. The highest BCUT2D eigenvalue weighted by molar-refractivity contribution is 6.05. The van der Waals surface area contributed by atoms with E-state index < -0.39 is 0 Å². The van der Waals surface area contributed by atoms with E-state index in [9.17, 15) is 4.79 Å². The first-order valence-corrected chi connectivity index (χ1v) is 7.62. The molecule has 1 atom stereocenters. The number of aromatic nitrogens is 2. The number of carbonyl (C=O) groups is 1. The standard InChI is InChI=1S/C18H17N3O/c22-18(17-14-6-2-1-5-13(14)9-11-20-17)21-12-4-8-16(21)15-7-3-10-19-15/h1-3,5-7,9-11,16,19H,4,8,12H2. The first-order valence-electron chi connectivity index (χ1n) is 7.62. The summed E-state index contributed by atoms with van der Waals surface area (Å²) in [4.78, 5) is 22.6. The number of aromatic amines is 1. The quantitative estimate of drug-likeness (QED) is 0.785. The number of hydrogen-bond acceptors (Lipinski definition) is 2. The van der Waals surface area contributed by atoms with Crippen LogP contribution in [-0.2, 0) is 0 Å². The number of benzene rings is 1. The SMILES string of the molecule is O=C(c1nccc2ccccc12)N1CCCC1c1ccc[nH]1. The summed E-state index contributed by atoms with van der Waals surface area (Å²) in [6.45, 7) is 0.785. The van der Waals surface area contributed by atoms with Gasteiger partial charge in [0.1, 0.15) is 5.69 Å². The second kappa shape index (κ2) is 5.30. The summed E-state index contributed by atoms with van der Waals surface area (Å²) in [6.07, 6.45) is 5.65. The minimum absolute atomic E-state index is 0.0221. The molecule has 1 aliphatic heterocycles. The molecule has 3 heterocycles. The van der Waals surface area contributed by atoms with Crippen molar-refractivity contribution in [1.82, 2.24) is 14.9 Å². The van der Waals surface area contributed by atoms with Crippen LogP contribution in [0.25, 0.3) is 10.8 Å². The molecule has 0 aliphatic carbocycles. The maximum absolute atomic E-state index is 13.0. The van der Waals surface area contributed by atoms with Gasteiger partial charge in [-0.05, 0) is 36.4 Å². The highest BCUT2D eigenvalue weighted by atomic mass is 16.2. The van der Waals surface area contributed by atoms with Crippen LogP contribution in [0.1, 0.15) is 35.1 Å². The summed E-state index contributed by atoms with van der Waals surface area (Å²) in [5.41, 5.74) is 1.66. The van der Waals surface area contributed by atoms with Gasteiger partial charge in [-0.2, -0.15) is 0 Å². The summed E-state index contributed by atoms with van der Waals surface area (Å²) in [6, 6.07) is 14.0. The smallest absolute Gasteiger partial charge is 0.273 e. The van der Waals surface area contributed by atoms with Gasteiger partial charge >= 0.3 is 0 Å². The average Bonchev–Trinajstić information content (AvgIpc) is 3.24. The van der Waals surface area contributed by atoms with Gasteiger partial charge in [0.2, 0.25) is 0 Å². The first-order chi connectivity index (χ1) is 10.8. The Morgan fingerprint density at radius 2 is 2.09 bits per heavy atom. The number of carbonyl (C=O) groups excluding carboxylic acids is 1. The average molecular weight is 291 g/mol. The molecule has 2 aromatic heterocycles. The molecule has 110 valence electrons. The Bertz CT molecular complexity index is 805. The molecule has 1 saturated heterocycles. The van der Waals surface area contributed by atoms with E-state index in [0.717, 1.165) is 35.9 Å². The maximum Gasteiger partial charge on any atom is 0.273 e. The van der Waals surface area contributed by atoms with Gasteiger partial charge < -0.3 is 9.88 Å². The van der Waals surface area contributed by atoms with E-state index in [1.807, 2.05) is 53.6 Å². The minimum Gasteiger partial charge on any atom is -0.363 e. The van der Waals surface area contributed by atoms with Crippen molar-refractivity contribution in [3.8, 4) is 0 Å². The molecule has 1 N–H and O–H groups in total. The van der Waals surface area contributed by atoms with Gasteiger partial charge in [0.05, 0.1) is 6.04 Å². The van der Waals surface area contributed by atoms with E-state index in [2.05, 4.69) is 9.97 Å². The maximum atomic E-state index is 13.0. The lowest BCUT2D eigenvalue weighted by molar-refractivity contribution is 0.0729. The Morgan fingerprint density at radius 1 is 1.18 bits per heavy atom. The number of amides is 1. The largest absolute Gasteiger partial charge is 0.363 e. The molecule has 4 rings (SSSR count). The Labute approximate surface area is 128 Å². The number of H-pyrrole nitrogens is 1. The van der Waals surface area contributed by atoms with E-state index in [0.29, 0.717) is 5.69 Å². The summed E-state index contributed by atoms with van der Waals surface area (Å²) in [7, 11) is 0. The zero-order chi connectivity index (χ0) is 14.9. The zero-order valence-electron chi connectivity index (χ0n) is 12.2. The lowest BCUT2D eigenvalue weighted by atomic mass is 10.1. The van der Waals surface area contributed by atoms with Crippen molar-refractivity contribution in [3.63, 3.8) is 0 Å². The van der Waals surface area contributed by atoms with Crippen LogP contribution >= 0.6 is 0 Å². The van der Waals surface area contributed by atoms with E-state index in [-0.39, 0.29) is 11.9 Å². The third-order valence-corrected chi connectivity index (χ3v) is 4.37. The second-order valence-corrected chi connectivity index (χ2v) is 5.66. The van der Waals surface area contributed by atoms with Gasteiger partial charge in [0.15, 0.2) is 0 Å². The number of rotatable bonds is 2. The van der Waals surface area contributed by atoms with Crippen LogP contribution in [0.3, 0.4) is 0 Å². The van der Waals surface area contributed by atoms with Crippen molar-refractivity contribution in [2.75, 3.05) is 6.54 Å². The molecular formula is C18H17N3O. The Morgan fingerprint density at radius 3 is 2.95 bits per heavy atom. The lowest BCUT2D eigenvalue weighted by Gasteiger charge is -2.24. The molecule has 0 bridgehead atoms. The molecule has 4 nitrogen and oxygen atoms in total. The Hall–Kier alpha value is -2.62. The molecule has 3 aromatic rings. The predicted molar refractivity (Wildman–Crippen MR) is 85.5 cm³/mol. The Balaban J connectivity index is 1.74. The topological polar surface area (TPSA) is 49.0 Å². The molecule has 1 fully saturated rings. The third-order valence-electron chi connectivity index (χ3n) is 4.37. The molecule has 0 saturated carbocycles. The summed E-state index contributed by atoms with van der Waals surface area (Å²) in [5.74, 6) is 0.0221. The predicted octanol–water partition coefficient (Wildman–Crippen LogP) is 3.54. The fraction of sp³-hybridized carbons (Fsp3) is 0.222. The van der Waals surface area contributed by atoms with Gasteiger partial charge in [-0.15, -0.1) is 0 Å². The molecule has 0 radical (unpaired) electrons. The van der Waals surface area contributed by atoms with Gasteiger partial charge in [-0.25, -0.2) is 0 Å². The van der Waals surface area contributed by atoms with Crippen LogP contribution in [0.2, 0.25) is 0 Å². The number of hydrogen-bond donors (Lipinski definition) is 1. The second-order valence-electron chi connectivity index (χ2n) is 5.66. The van der Waals surface area contributed by atoms with E-state index in [4.69, 9.17) is 0 Å². The number of nitrogens with one attached hydrogen (secondary N) is 1. The fourth-order valence-corrected chi connectivity index (χ4v) is 3.31. The first kappa shape index (κ1) is 13.1. The van der Waals surface area contributed by atoms with E-state index in [1.165, 1.54) is 0 Å². The van der Waals surface area contributed by atoms with Gasteiger partial charge in [-0.3, -0.25) is 9.78 Å². The van der Waals surface area contributed by atoms with E-state index >= 15 is 0 Å². The van der Waals surface area contributed by atoms with Crippen LogP contribution in [0.4, 0.5) is 0 Å². The van der Waals surface area contributed by atoms with Gasteiger partial charge in [0.25, 0.3) is 5.91 Å². The Kier molecular flexibility index (Phi) is 3.15. The molecule has 0 spiro atoms. The summed E-state index contributed by atoms with van der Waals surface area (Å²) < 4.78 is 0. The van der Waals surface area contributed by atoms with Crippen molar-refractivity contribution in [3.05, 3.63) is 66.2 Å². The third kappa shape index (κ3) is 2.08. The summed E-state index contributed by atoms with van der Waals surface area (Å²) in [5, 5.41) is 1.98. The van der Waals surface area contributed by atoms with Crippen LogP contribution < -0.4 is 0 Å². The summed E-state index contributed by atoms with van der Waals surface area (Å²) >= 11 is 0. The number of fused-ring (bicyclic) bond motifs is 1. The number of nitrogens with zero attached hydrogens (tertiary/aromatic N) is 2. The van der Waals surface area contributed by atoms with Crippen LogP contribution in [-0.4, -0.2) is 27.3 Å². The van der Waals surface area contributed by atoms with Crippen molar-refractivity contribution in [2.24, 2.45) is 0 Å². The normalized spacial score (nSPS) is 18.0. The highest BCUT2D eigenvalue weighted by Crippen LogP contribution is 2.32. The molecule has 22 heavy (non-hydrogen) atoms. The minimum atomic E-state index is 0.0221.